The third-order valence-corrected chi connectivity index (χ3v) is 4.85. The number of nitrogens with zero attached hydrogens (tertiary/aromatic N) is 4. The van der Waals surface area contributed by atoms with E-state index in [0.29, 0.717) is 23.9 Å². The Morgan fingerprint density at radius 1 is 1.39 bits per heavy atom. The van der Waals surface area contributed by atoms with E-state index in [2.05, 4.69) is 14.9 Å². The van der Waals surface area contributed by atoms with Crippen LogP contribution in [0.3, 0.4) is 0 Å². The van der Waals surface area contributed by atoms with Crippen molar-refractivity contribution in [2.24, 2.45) is 0 Å². The number of hydrogen-bond acceptors (Lipinski definition) is 5. The van der Waals surface area contributed by atoms with Crippen molar-refractivity contribution in [2.45, 2.75) is 51.2 Å². The topological polar surface area (TPSA) is 69.6 Å². The number of amides is 1. The van der Waals surface area contributed by atoms with Gasteiger partial charge in [-0.3, -0.25) is 4.79 Å². The first kappa shape index (κ1) is 16.5. The quantitative estimate of drug-likeness (QED) is 0.910. The summed E-state index contributed by atoms with van der Waals surface area (Å²) >= 11 is 6.19. The maximum atomic E-state index is 12.9. The number of aliphatic hydroxyl groups is 1. The predicted octanol–water partition coefficient (Wildman–Crippen LogP) is 2.11. The minimum Gasteiger partial charge on any atom is -0.393 e. The predicted molar refractivity (Wildman–Crippen MR) is 88.8 cm³/mol. The summed E-state index contributed by atoms with van der Waals surface area (Å²) in [7, 11) is 0. The SMILES string of the molecule is CC(O)CC1CCCN1C(=O)c1nc(N2CCCC2)ncc1Cl. The molecule has 1 N–H and O–H groups in total. The zero-order valence-corrected chi connectivity index (χ0v) is 14.2. The van der Waals surface area contributed by atoms with Gasteiger partial charge in [-0.1, -0.05) is 11.6 Å². The lowest BCUT2D eigenvalue weighted by Crippen LogP contribution is -2.38. The molecule has 3 rings (SSSR count). The summed E-state index contributed by atoms with van der Waals surface area (Å²) in [4.78, 5) is 25.5. The third-order valence-electron chi connectivity index (χ3n) is 4.57. The van der Waals surface area contributed by atoms with Crippen LogP contribution < -0.4 is 4.90 Å². The van der Waals surface area contributed by atoms with Crippen LogP contribution in [0.25, 0.3) is 0 Å². The van der Waals surface area contributed by atoms with Gasteiger partial charge in [0.05, 0.1) is 17.3 Å². The second-order valence-corrected chi connectivity index (χ2v) is 6.85. The van der Waals surface area contributed by atoms with E-state index < -0.39 is 6.10 Å². The third kappa shape index (κ3) is 3.58. The summed E-state index contributed by atoms with van der Waals surface area (Å²) in [5, 5.41) is 9.92. The number of carbonyl (C=O) groups is 1. The zero-order valence-electron chi connectivity index (χ0n) is 13.4. The fourth-order valence-electron chi connectivity index (χ4n) is 3.46. The van der Waals surface area contributed by atoms with Crippen molar-refractivity contribution in [1.82, 2.24) is 14.9 Å². The maximum Gasteiger partial charge on any atom is 0.274 e. The Labute approximate surface area is 141 Å². The van der Waals surface area contributed by atoms with Gasteiger partial charge in [0.1, 0.15) is 0 Å². The highest BCUT2D eigenvalue weighted by molar-refractivity contribution is 6.33. The van der Waals surface area contributed by atoms with E-state index in [1.165, 1.54) is 6.20 Å². The van der Waals surface area contributed by atoms with Gasteiger partial charge in [0.2, 0.25) is 5.95 Å². The molecule has 0 bridgehead atoms. The number of anilines is 1. The molecule has 0 saturated carbocycles. The van der Waals surface area contributed by atoms with Crippen LogP contribution in [-0.4, -0.2) is 57.7 Å². The molecule has 0 radical (unpaired) electrons. The van der Waals surface area contributed by atoms with Crippen LogP contribution in [0, 0.1) is 0 Å². The number of carbonyl (C=O) groups excluding carboxylic acids is 1. The summed E-state index contributed by atoms with van der Waals surface area (Å²) in [6.07, 6.45) is 5.80. The van der Waals surface area contributed by atoms with Crippen molar-refractivity contribution in [1.29, 1.82) is 0 Å². The van der Waals surface area contributed by atoms with Crippen LogP contribution in [0.4, 0.5) is 5.95 Å². The second kappa shape index (κ2) is 7.01. The molecule has 0 aromatic carbocycles. The molecule has 6 nitrogen and oxygen atoms in total. The molecule has 23 heavy (non-hydrogen) atoms. The summed E-state index contributed by atoms with van der Waals surface area (Å²) in [5.41, 5.74) is 0.279. The van der Waals surface area contributed by atoms with Crippen LogP contribution in [0.2, 0.25) is 5.02 Å². The van der Waals surface area contributed by atoms with Crippen molar-refractivity contribution >= 4 is 23.5 Å². The Balaban J connectivity index is 1.82. The van der Waals surface area contributed by atoms with Crippen LogP contribution >= 0.6 is 11.6 Å². The molecular formula is C16H23ClN4O2. The molecule has 1 aromatic rings. The Morgan fingerprint density at radius 3 is 2.83 bits per heavy atom. The number of aromatic nitrogens is 2. The van der Waals surface area contributed by atoms with Gasteiger partial charge in [0, 0.05) is 25.7 Å². The fraction of sp³-hybridized carbons (Fsp3) is 0.688. The van der Waals surface area contributed by atoms with Gasteiger partial charge in [-0.05, 0) is 39.0 Å². The molecule has 126 valence electrons. The van der Waals surface area contributed by atoms with E-state index in [0.717, 1.165) is 38.8 Å². The lowest BCUT2D eigenvalue weighted by atomic mass is 10.1. The number of likely N-dealkylation sites (tertiary alicyclic amines) is 1. The summed E-state index contributed by atoms with van der Waals surface area (Å²) in [6, 6.07) is 0.0590. The Morgan fingerprint density at radius 2 is 2.13 bits per heavy atom. The standard InChI is InChI=1S/C16H23ClN4O2/c1-11(22)9-12-5-4-8-21(12)15(23)14-13(17)10-18-16(19-14)20-6-2-3-7-20/h10-12,22H,2-9H2,1H3. The van der Waals surface area contributed by atoms with E-state index in [-0.39, 0.29) is 17.6 Å². The van der Waals surface area contributed by atoms with Crippen LogP contribution in [0.1, 0.15) is 49.5 Å². The molecule has 2 aliphatic heterocycles. The van der Waals surface area contributed by atoms with E-state index >= 15 is 0 Å². The molecule has 1 amide bonds. The Hall–Kier alpha value is -1.40. The van der Waals surface area contributed by atoms with E-state index in [4.69, 9.17) is 11.6 Å². The van der Waals surface area contributed by atoms with Crippen molar-refractivity contribution in [3.63, 3.8) is 0 Å². The molecule has 0 spiro atoms. The van der Waals surface area contributed by atoms with Crippen LogP contribution in [-0.2, 0) is 0 Å². The summed E-state index contributed by atoms with van der Waals surface area (Å²) in [5.74, 6) is 0.433. The van der Waals surface area contributed by atoms with Gasteiger partial charge in [0.25, 0.3) is 5.91 Å². The van der Waals surface area contributed by atoms with E-state index in [1.54, 1.807) is 11.8 Å². The first-order valence-corrected chi connectivity index (χ1v) is 8.70. The normalized spacial score (nSPS) is 22.7. The molecule has 2 atom stereocenters. The van der Waals surface area contributed by atoms with Crippen LogP contribution in [0.5, 0.6) is 0 Å². The van der Waals surface area contributed by atoms with Gasteiger partial charge in [0.15, 0.2) is 5.69 Å². The fourth-order valence-corrected chi connectivity index (χ4v) is 3.63. The molecule has 1 aromatic heterocycles. The monoisotopic (exact) mass is 338 g/mol. The van der Waals surface area contributed by atoms with E-state index in [9.17, 15) is 9.90 Å². The lowest BCUT2D eigenvalue weighted by Gasteiger charge is -2.26. The van der Waals surface area contributed by atoms with Crippen molar-refractivity contribution in [2.75, 3.05) is 24.5 Å². The lowest BCUT2D eigenvalue weighted by molar-refractivity contribution is 0.0676. The molecule has 0 aliphatic carbocycles. The molecule has 7 heteroatoms. The first-order chi connectivity index (χ1) is 11.1. The Bertz CT molecular complexity index is 575. The highest BCUT2D eigenvalue weighted by atomic mass is 35.5. The molecule has 2 saturated heterocycles. The summed E-state index contributed by atoms with van der Waals surface area (Å²) < 4.78 is 0. The number of hydrogen-bond donors (Lipinski definition) is 1. The van der Waals surface area contributed by atoms with Crippen molar-refractivity contribution in [3.8, 4) is 0 Å². The molecule has 2 unspecified atom stereocenters. The first-order valence-electron chi connectivity index (χ1n) is 8.33. The maximum absolute atomic E-state index is 12.9. The van der Waals surface area contributed by atoms with Crippen molar-refractivity contribution in [3.05, 3.63) is 16.9 Å². The highest BCUT2D eigenvalue weighted by Crippen LogP contribution is 2.26. The Kier molecular flexibility index (Phi) is 5.02. The minimum atomic E-state index is -0.422. The molecular weight excluding hydrogens is 316 g/mol. The average Bonchev–Trinajstić information content (AvgIpc) is 3.18. The number of rotatable bonds is 4. The molecule has 3 heterocycles. The van der Waals surface area contributed by atoms with E-state index in [1.807, 2.05) is 0 Å². The highest BCUT2D eigenvalue weighted by Gasteiger charge is 2.32. The van der Waals surface area contributed by atoms with Gasteiger partial charge < -0.3 is 14.9 Å². The van der Waals surface area contributed by atoms with Gasteiger partial charge in [-0.25, -0.2) is 9.97 Å². The average molecular weight is 339 g/mol. The van der Waals surface area contributed by atoms with Gasteiger partial charge in [-0.2, -0.15) is 0 Å². The largest absolute Gasteiger partial charge is 0.393 e. The van der Waals surface area contributed by atoms with Crippen molar-refractivity contribution < 1.29 is 9.90 Å². The minimum absolute atomic E-state index is 0.0590. The molecule has 2 fully saturated rings. The van der Waals surface area contributed by atoms with Gasteiger partial charge in [-0.15, -0.1) is 0 Å². The number of halogens is 1. The second-order valence-electron chi connectivity index (χ2n) is 6.44. The zero-order chi connectivity index (χ0) is 16.4. The van der Waals surface area contributed by atoms with Gasteiger partial charge >= 0.3 is 0 Å². The van der Waals surface area contributed by atoms with Crippen LogP contribution in [0.15, 0.2) is 6.20 Å². The molecule has 2 aliphatic rings. The number of aliphatic hydroxyl groups excluding tert-OH is 1. The smallest absolute Gasteiger partial charge is 0.274 e. The summed E-state index contributed by atoms with van der Waals surface area (Å²) in [6.45, 7) is 4.28.